The van der Waals surface area contributed by atoms with E-state index in [0.29, 0.717) is 5.92 Å². The van der Waals surface area contributed by atoms with Crippen molar-refractivity contribution in [3.8, 4) is 17.5 Å². The van der Waals surface area contributed by atoms with Crippen molar-refractivity contribution in [2.75, 3.05) is 0 Å². The van der Waals surface area contributed by atoms with Gasteiger partial charge < -0.3 is 0 Å². The molecule has 2 aromatic heterocycles. The molecule has 2 heterocycles. The molecule has 2 rings (SSSR count). The van der Waals surface area contributed by atoms with Gasteiger partial charge in [-0.3, -0.25) is 9.67 Å². The van der Waals surface area contributed by atoms with E-state index in [1.807, 2.05) is 24.3 Å². The standard InChI is InChI=1S/C13H14N4/c1-10(2)13-9-12(16-17(13)8-6-14)11-5-3-4-7-15-11/h3-5,7,9-10H,8H2,1-2H3. The van der Waals surface area contributed by atoms with E-state index in [0.717, 1.165) is 17.1 Å². The quantitative estimate of drug-likeness (QED) is 0.808. The summed E-state index contributed by atoms with van der Waals surface area (Å²) in [6.07, 6.45) is 1.74. The topological polar surface area (TPSA) is 54.5 Å². The zero-order chi connectivity index (χ0) is 12.3. The lowest BCUT2D eigenvalue weighted by Crippen LogP contribution is -2.04. The fraction of sp³-hybridized carbons (Fsp3) is 0.308. The van der Waals surface area contributed by atoms with E-state index in [2.05, 4.69) is 30.0 Å². The zero-order valence-electron chi connectivity index (χ0n) is 9.96. The molecule has 0 radical (unpaired) electrons. The van der Waals surface area contributed by atoms with Gasteiger partial charge in [-0.05, 0) is 24.1 Å². The fourth-order valence-corrected chi connectivity index (χ4v) is 1.73. The van der Waals surface area contributed by atoms with Crippen LogP contribution in [0.5, 0.6) is 0 Å². The van der Waals surface area contributed by atoms with E-state index in [-0.39, 0.29) is 6.54 Å². The van der Waals surface area contributed by atoms with Crippen LogP contribution >= 0.6 is 0 Å². The molecule has 0 unspecified atom stereocenters. The summed E-state index contributed by atoms with van der Waals surface area (Å²) < 4.78 is 1.74. The maximum atomic E-state index is 8.78. The van der Waals surface area contributed by atoms with Gasteiger partial charge in [0.05, 0.1) is 11.8 Å². The highest BCUT2D eigenvalue weighted by atomic mass is 15.3. The van der Waals surface area contributed by atoms with Gasteiger partial charge in [0.2, 0.25) is 0 Å². The monoisotopic (exact) mass is 226 g/mol. The molecule has 0 N–H and O–H groups in total. The van der Waals surface area contributed by atoms with Gasteiger partial charge in [-0.1, -0.05) is 19.9 Å². The second-order valence-electron chi connectivity index (χ2n) is 4.14. The van der Waals surface area contributed by atoms with Crippen molar-refractivity contribution in [1.29, 1.82) is 5.26 Å². The van der Waals surface area contributed by atoms with E-state index in [4.69, 9.17) is 5.26 Å². The summed E-state index contributed by atoms with van der Waals surface area (Å²) >= 11 is 0. The summed E-state index contributed by atoms with van der Waals surface area (Å²) in [5.74, 6) is 0.341. The third-order valence-electron chi connectivity index (χ3n) is 2.55. The molecule has 0 bridgehead atoms. The molecule has 0 saturated heterocycles. The van der Waals surface area contributed by atoms with Gasteiger partial charge in [-0.2, -0.15) is 10.4 Å². The predicted molar refractivity (Wildman–Crippen MR) is 65.2 cm³/mol. The largest absolute Gasteiger partial charge is 0.255 e. The lowest BCUT2D eigenvalue weighted by Gasteiger charge is -2.05. The van der Waals surface area contributed by atoms with Crippen LogP contribution in [-0.2, 0) is 6.54 Å². The smallest absolute Gasteiger partial charge is 0.128 e. The first-order chi connectivity index (χ1) is 8.22. The van der Waals surface area contributed by atoms with E-state index in [1.165, 1.54) is 0 Å². The Kier molecular flexibility index (Phi) is 3.20. The molecule has 0 aromatic carbocycles. The predicted octanol–water partition coefficient (Wildman–Crippen LogP) is 2.59. The van der Waals surface area contributed by atoms with Crippen molar-refractivity contribution < 1.29 is 0 Å². The Morgan fingerprint density at radius 2 is 2.18 bits per heavy atom. The van der Waals surface area contributed by atoms with Crippen LogP contribution in [0.25, 0.3) is 11.4 Å². The molecule has 4 nitrogen and oxygen atoms in total. The van der Waals surface area contributed by atoms with Crippen molar-refractivity contribution in [1.82, 2.24) is 14.8 Å². The summed E-state index contributed by atoms with van der Waals surface area (Å²) in [5.41, 5.74) is 2.72. The van der Waals surface area contributed by atoms with Gasteiger partial charge in [-0.15, -0.1) is 0 Å². The third kappa shape index (κ3) is 2.34. The van der Waals surface area contributed by atoms with E-state index in [1.54, 1.807) is 10.9 Å². The van der Waals surface area contributed by atoms with E-state index >= 15 is 0 Å². The van der Waals surface area contributed by atoms with Crippen LogP contribution in [0.1, 0.15) is 25.5 Å². The minimum Gasteiger partial charge on any atom is -0.255 e. The van der Waals surface area contributed by atoms with Gasteiger partial charge in [-0.25, -0.2) is 0 Å². The summed E-state index contributed by atoms with van der Waals surface area (Å²) in [6, 6.07) is 9.85. The van der Waals surface area contributed by atoms with Gasteiger partial charge >= 0.3 is 0 Å². The van der Waals surface area contributed by atoms with Crippen molar-refractivity contribution in [2.45, 2.75) is 26.3 Å². The van der Waals surface area contributed by atoms with Crippen molar-refractivity contribution >= 4 is 0 Å². The van der Waals surface area contributed by atoms with E-state index in [9.17, 15) is 0 Å². The molecular weight excluding hydrogens is 212 g/mol. The third-order valence-corrected chi connectivity index (χ3v) is 2.55. The minimum absolute atomic E-state index is 0.278. The molecule has 0 aliphatic rings. The second-order valence-corrected chi connectivity index (χ2v) is 4.14. The molecule has 86 valence electrons. The molecule has 4 heteroatoms. The van der Waals surface area contributed by atoms with E-state index < -0.39 is 0 Å². The van der Waals surface area contributed by atoms with Crippen molar-refractivity contribution in [2.24, 2.45) is 0 Å². The number of pyridine rings is 1. The van der Waals surface area contributed by atoms with Crippen molar-refractivity contribution in [3.05, 3.63) is 36.2 Å². The van der Waals surface area contributed by atoms with Crippen LogP contribution in [0, 0.1) is 11.3 Å². The SMILES string of the molecule is CC(C)c1cc(-c2ccccn2)nn1CC#N. The molecule has 2 aromatic rings. The summed E-state index contributed by atoms with van der Waals surface area (Å²) in [6.45, 7) is 4.46. The van der Waals surface area contributed by atoms with Crippen LogP contribution in [0.4, 0.5) is 0 Å². The van der Waals surface area contributed by atoms with Crippen LogP contribution in [-0.4, -0.2) is 14.8 Å². The summed E-state index contributed by atoms with van der Waals surface area (Å²) in [5, 5.41) is 13.2. The lowest BCUT2D eigenvalue weighted by atomic mass is 10.1. The molecule has 0 amide bonds. The lowest BCUT2D eigenvalue weighted by molar-refractivity contribution is 0.634. The molecule has 0 atom stereocenters. The zero-order valence-corrected chi connectivity index (χ0v) is 9.96. The number of rotatable bonds is 3. The van der Waals surface area contributed by atoms with Crippen LogP contribution in [0.3, 0.4) is 0 Å². The molecule has 0 saturated carbocycles. The number of hydrogen-bond acceptors (Lipinski definition) is 3. The molecule has 0 spiro atoms. The molecule has 17 heavy (non-hydrogen) atoms. The Hall–Kier alpha value is -2.15. The fourth-order valence-electron chi connectivity index (χ4n) is 1.73. The Labute approximate surface area is 101 Å². The maximum absolute atomic E-state index is 8.78. The van der Waals surface area contributed by atoms with Gasteiger partial charge in [0, 0.05) is 11.9 Å². The Balaban J connectivity index is 2.44. The minimum atomic E-state index is 0.278. The average Bonchev–Trinajstić information content (AvgIpc) is 2.75. The number of hydrogen-bond donors (Lipinski definition) is 0. The summed E-state index contributed by atoms with van der Waals surface area (Å²) in [7, 11) is 0. The van der Waals surface area contributed by atoms with Gasteiger partial charge in [0.15, 0.2) is 0 Å². The Bertz CT molecular complexity index is 534. The molecule has 0 aliphatic heterocycles. The second kappa shape index (κ2) is 4.79. The molecule has 0 fully saturated rings. The highest BCUT2D eigenvalue weighted by molar-refractivity contribution is 5.54. The van der Waals surface area contributed by atoms with Crippen LogP contribution in [0.2, 0.25) is 0 Å². The Morgan fingerprint density at radius 3 is 2.76 bits per heavy atom. The number of aromatic nitrogens is 3. The maximum Gasteiger partial charge on any atom is 0.128 e. The highest BCUT2D eigenvalue weighted by Gasteiger charge is 2.12. The van der Waals surface area contributed by atoms with Gasteiger partial charge in [0.25, 0.3) is 0 Å². The average molecular weight is 226 g/mol. The normalized spacial score (nSPS) is 10.5. The van der Waals surface area contributed by atoms with Crippen LogP contribution < -0.4 is 0 Å². The first kappa shape index (κ1) is 11.3. The highest BCUT2D eigenvalue weighted by Crippen LogP contribution is 2.21. The number of nitrogens with zero attached hydrogens (tertiary/aromatic N) is 4. The van der Waals surface area contributed by atoms with Crippen molar-refractivity contribution in [3.63, 3.8) is 0 Å². The Morgan fingerprint density at radius 1 is 1.35 bits per heavy atom. The van der Waals surface area contributed by atoms with Crippen LogP contribution in [0.15, 0.2) is 30.5 Å². The van der Waals surface area contributed by atoms with Gasteiger partial charge in [0.1, 0.15) is 12.2 Å². The first-order valence-corrected chi connectivity index (χ1v) is 5.58. The number of nitriles is 1. The molecular formula is C13H14N4. The molecule has 0 aliphatic carbocycles. The summed E-state index contributed by atoms with van der Waals surface area (Å²) in [4.78, 5) is 4.26. The first-order valence-electron chi connectivity index (χ1n) is 5.58.